The molecule has 2 aromatic carbocycles. The van der Waals surface area contributed by atoms with E-state index in [0.717, 1.165) is 22.8 Å². The number of rotatable bonds is 7. The van der Waals surface area contributed by atoms with Crippen LogP contribution in [0.5, 0.6) is 0 Å². The second kappa shape index (κ2) is 12.9. The smallest absolute Gasteiger partial charge is 0.417 e. The number of hydrogen-bond acceptors (Lipinski definition) is 5. The molecule has 0 bridgehead atoms. The van der Waals surface area contributed by atoms with Crippen LogP contribution in [0.3, 0.4) is 0 Å². The van der Waals surface area contributed by atoms with Crippen LogP contribution in [0.25, 0.3) is 11.1 Å². The highest BCUT2D eigenvalue weighted by Crippen LogP contribution is 2.38. The van der Waals surface area contributed by atoms with Crippen LogP contribution in [0.1, 0.15) is 50.0 Å². The molecule has 0 radical (unpaired) electrons. The molecule has 4 rings (SSSR count). The lowest BCUT2D eigenvalue weighted by molar-refractivity contribution is -0.197. The van der Waals surface area contributed by atoms with E-state index in [1.807, 2.05) is 0 Å². The number of nitrogens with zero attached hydrogens (tertiary/aromatic N) is 1. The minimum atomic E-state index is -4.83. The second-order valence-electron chi connectivity index (χ2n) is 11.1. The Kier molecular flexibility index (Phi) is 9.69. The average molecular weight is 658 g/mol. The summed E-state index contributed by atoms with van der Waals surface area (Å²) in [7, 11) is 1.34. The summed E-state index contributed by atoms with van der Waals surface area (Å²) in [4.78, 5) is 38.0. The summed E-state index contributed by atoms with van der Waals surface area (Å²) in [6.45, 7) is 3.96. The van der Waals surface area contributed by atoms with Crippen molar-refractivity contribution in [1.29, 1.82) is 0 Å². The van der Waals surface area contributed by atoms with Gasteiger partial charge in [-0.1, -0.05) is 24.3 Å². The third-order valence-corrected chi connectivity index (χ3v) is 7.86. The first-order valence-corrected chi connectivity index (χ1v) is 13.9. The van der Waals surface area contributed by atoms with Gasteiger partial charge in [0.1, 0.15) is 24.0 Å². The monoisotopic (exact) mass is 657 g/mol. The molecule has 15 heteroatoms. The number of hydrogen-bond donors (Lipinski definition) is 3. The highest BCUT2D eigenvalue weighted by molar-refractivity contribution is 5.98. The fraction of sp³-hybridized carbons (Fsp3) is 0.387. The molecule has 2 heterocycles. The van der Waals surface area contributed by atoms with Crippen LogP contribution in [0, 0.1) is 26.6 Å². The molecule has 1 fully saturated rings. The van der Waals surface area contributed by atoms with E-state index in [2.05, 4.69) is 10.6 Å². The maximum atomic E-state index is 15.2. The highest BCUT2D eigenvalue weighted by atomic mass is 19.4. The minimum Gasteiger partial charge on any atom is -0.480 e. The number of carboxylic acid groups (broad SMARTS) is 1. The number of carbonyl (C=O) groups excluding carboxylic acids is 1. The fourth-order valence-electron chi connectivity index (χ4n) is 5.51. The molecule has 1 amide bonds. The number of alkyl halides is 6. The fourth-order valence-corrected chi connectivity index (χ4v) is 5.51. The number of ether oxygens (including phenoxy) is 1. The number of aromatic nitrogens is 1. The second-order valence-corrected chi connectivity index (χ2v) is 11.1. The first-order chi connectivity index (χ1) is 21.3. The number of carboxylic acids is 1. The van der Waals surface area contributed by atoms with Crippen molar-refractivity contribution in [2.24, 2.45) is 7.05 Å². The zero-order chi connectivity index (χ0) is 34.3. The molecule has 1 saturated heterocycles. The maximum Gasteiger partial charge on any atom is 0.417 e. The zero-order valence-electron chi connectivity index (χ0n) is 25.0. The third kappa shape index (κ3) is 7.09. The Balaban J connectivity index is 1.60. The molecule has 3 atom stereocenters. The zero-order valence-corrected chi connectivity index (χ0v) is 25.0. The molecule has 0 spiro atoms. The molecule has 2 unspecified atom stereocenters. The van der Waals surface area contributed by atoms with Crippen molar-refractivity contribution in [2.75, 3.05) is 13.2 Å². The number of pyridine rings is 1. The summed E-state index contributed by atoms with van der Waals surface area (Å²) in [5, 5.41) is 14.3. The molecule has 0 aliphatic carbocycles. The van der Waals surface area contributed by atoms with Crippen molar-refractivity contribution in [1.82, 2.24) is 15.2 Å². The Morgan fingerprint density at radius 1 is 1.07 bits per heavy atom. The summed E-state index contributed by atoms with van der Waals surface area (Å²) < 4.78 is 104. The predicted molar refractivity (Wildman–Crippen MR) is 152 cm³/mol. The van der Waals surface area contributed by atoms with Crippen LogP contribution in [0.2, 0.25) is 0 Å². The van der Waals surface area contributed by atoms with Gasteiger partial charge in [-0.25, -0.2) is 9.18 Å². The summed E-state index contributed by atoms with van der Waals surface area (Å²) >= 11 is 0. The lowest BCUT2D eigenvalue weighted by Crippen LogP contribution is -2.52. The molecule has 1 aliphatic heterocycles. The number of aliphatic carboxylic acids is 1. The van der Waals surface area contributed by atoms with Crippen LogP contribution >= 0.6 is 0 Å². The number of morpholine rings is 1. The van der Waals surface area contributed by atoms with Gasteiger partial charge in [0, 0.05) is 25.7 Å². The van der Waals surface area contributed by atoms with Gasteiger partial charge in [0.25, 0.3) is 11.5 Å². The van der Waals surface area contributed by atoms with Crippen molar-refractivity contribution in [3.63, 3.8) is 0 Å². The van der Waals surface area contributed by atoms with Crippen molar-refractivity contribution in [2.45, 2.75) is 57.7 Å². The maximum absolute atomic E-state index is 15.2. The Morgan fingerprint density at radius 3 is 2.30 bits per heavy atom. The van der Waals surface area contributed by atoms with Crippen molar-refractivity contribution in [3.05, 3.63) is 91.6 Å². The summed E-state index contributed by atoms with van der Waals surface area (Å²) in [5.74, 6) is -3.84. The lowest BCUT2D eigenvalue weighted by Gasteiger charge is -2.34. The number of carbonyl (C=O) groups is 2. The average Bonchev–Trinajstić information content (AvgIpc) is 2.94. The number of halogens is 7. The van der Waals surface area contributed by atoms with E-state index in [-0.39, 0.29) is 53.1 Å². The largest absolute Gasteiger partial charge is 0.480 e. The summed E-state index contributed by atoms with van der Waals surface area (Å²) in [5.41, 5.74) is -2.78. The molecular formula is C31H30F7N3O5. The topological polar surface area (TPSA) is 110 Å². The van der Waals surface area contributed by atoms with Crippen LogP contribution in [-0.4, -0.2) is 53.0 Å². The molecule has 3 N–H and O–H groups in total. The minimum absolute atomic E-state index is 0.0183. The quantitative estimate of drug-likeness (QED) is 0.304. The molecular weight excluding hydrogens is 627 g/mol. The van der Waals surface area contributed by atoms with Gasteiger partial charge in [-0.05, 0) is 60.7 Å². The Morgan fingerprint density at radius 2 is 1.74 bits per heavy atom. The number of amides is 1. The standard InChI is InChI=1S/C31H30F7N3O5/c1-14-9-17(5-6-19(14)24-20(30(33,34)35)11-16(3)41(4)28(24)43)12-22(29(44)45)40-27(42)23-15(2)10-18(13-21(23)32)25-26(31(36,37)38)39-7-8-46-25/h5-6,9-11,13,22,25-26,39H,7-8,12H2,1-4H3,(H,40,42)(H,44,45)/t22?,25-,26?/m1/s1. The predicted octanol–water partition coefficient (Wildman–Crippen LogP) is 5.15. The normalized spacial score (nSPS) is 17.9. The van der Waals surface area contributed by atoms with Crippen LogP contribution < -0.4 is 16.2 Å². The van der Waals surface area contributed by atoms with E-state index in [0.29, 0.717) is 0 Å². The van der Waals surface area contributed by atoms with E-state index in [4.69, 9.17) is 4.74 Å². The van der Waals surface area contributed by atoms with Crippen molar-refractivity contribution in [3.8, 4) is 11.1 Å². The van der Waals surface area contributed by atoms with E-state index in [9.17, 15) is 45.8 Å². The van der Waals surface area contributed by atoms with Crippen LogP contribution in [0.15, 0.2) is 41.2 Å². The van der Waals surface area contributed by atoms with Gasteiger partial charge in [-0.2, -0.15) is 26.3 Å². The number of benzene rings is 2. The van der Waals surface area contributed by atoms with Crippen molar-refractivity contribution < 1.29 is 50.2 Å². The SMILES string of the molecule is Cc1cc(CC(NC(=O)c2c(C)cc([C@H]3OCCNC3C(F)(F)F)cc2F)C(=O)O)ccc1-c1c(C(F)(F)F)cc(C)n(C)c1=O. The number of nitrogens with one attached hydrogen (secondary N) is 2. The van der Waals surface area contributed by atoms with Gasteiger partial charge in [-0.15, -0.1) is 0 Å². The molecule has 0 saturated carbocycles. The van der Waals surface area contributed by atoms with E-state index in [1.54, 1.807) is 0 Å². The van der Waals surface area contributed by atoms with Crippen molar-refractivity contribution >= 4 is 11.9 Å². The highest BCUT2D eigenvalue weighted by Gasteiger charge is 2.47. The van der Waals surface area contributed by atoms with E-state index in [1.165, 1.54) is 46.0 Å². The van der Waals surface area contributed by atoms with Gasteiger partial charge >= 0.3 is 18.3 Å². The van der Waals surface area contributed by atoms with Gasteiger partial charge in [0.15, 0.2) is 0 Å². The molecule has 248 valence electrons. The Hall–Kier alpha value is -4.24. The first-order valence-electron chi connectivity index (χ1n) is 13.9. The van der Waals surface area contributed by atoms with Gasteiger partial charge < -0.3 is 25.0 Å². The molecule has 8 nitrogen and oxygen atoms in total. The van der Waals surface area contributed by atoms with Gasteiger partial charge in [-0.3, -0.25) is 9.59 Å². The van der Waals surface area contributed by atoms with Gasteiger partial charge in [0.05, 0.1) is 23.3 Å². The molecule has 1 aliphatic rings. The first kappa shape index (κ1) is 34.6. The lowest BCUT2D eigenvalue weighted by atomic mass is 9.93. The molecule has 46 heavy (non-hydrogen) atoms. The Labute approximate surface area is 258 Å². The van der Waals surface area contributed by atoms with E-state index >= 15 is 4.39 Å². The Bertz CT molecular complexity index is 1710. The number of aryl methyl sites for hydroxylation is 3. The van der Waals surface area contributed by atoms with Crippen LogP contribution in [0.4, 0.5) is 30.7 Å². The van der Waals surface area contributed by atoms with E-state index < -0.39 is 70.5 Å². The third-order valence-electron chi connectivity index (χ3n) is 7.86. The summed E-state index contributed by atoms with van der Waals surface area (Å²) in [6, 6.07) is 2.98. The molecule has 1 aromatic heterocycles. The summed E-state index contributed by atoms with van der Waals surface area (Å²) in [6.07, 6.45) is -11.5. The van der Waals surface area contributed by atoms with Gasteiger partial charge in [0.2, 0.25) is 0 Å². The molecule has 3 aromatic rings. The van der Waals surface area contributed by atoms with Crippen LogP contribution in [-0.2, 0) is 29.2 Å².